The van der Waals surface area contributed by atoms with Gasteiger partial charge in [-0.15, -0.1) is 0 Å². The van der Waals surface area contributed by atoms with Crippen molar-refractivity contribution in [3.8, 4) is 0 Å². The molecule has 14 heavy (non-hydrogen) atoms. The first-order valence-electron chi connectivity index (χ1n) is 4.98. The summed E-state index contributed by atoms with van der Waals surface area (Å²) in [4.78, 5) is 11.7. The molecule has 1 heterocycles. The largest absolute Gasteiger partial charge is 0.316 e. The normalized spacial score (nSPS) is 12.7. The van der Waals surface area contributed by atoms with E-state index in [4.69, 9.17) is 0 Å². The van der Waals surface area contributed by atoms with Gasteiger partial charge in [0.25, 0.3) is 0 Å². The summed E-state index contributed by atoms with van der Waals surface area (Å²) < 4.78 is 0. The van der Waals surface area contributed by atoms with Crippen LogP contribution in [0.15, 0.2) is 16.8 Å². The van der Waals surface area contributed by atoms with Gasteiger partial charge in [-0.1, -0.05) is 13.8 Å². The monoisotopic (exact) mass is 211 g/mol. The Morgan fingerprint density at radius 3 is 3.00 bits per heavy atom. The zero-order chi connectivity index (χ0) is 10.4. The van der Waals surface area contributed by atoms with Crippen molar-refractivity contribution >= 4 is 17.1 Å². The van der Waals surface area contributed by atoms with Crippen molar-refractivity contribution in [1.82, 2.24) is 5.32 Å². The second-order valence-corrected chi connectivity index (χ2v) is 4.26. The van der Waals surface area contributed by atoms with E-state index in [0.717, 1.165) is 18.7 Å². The van der Waals surface area contributed by atoms with Crippen LogP contribution in [-0.2, 0) is 11.2 Å². The molecule has 0 spiro atoms. The lowest BCUT2D eigenvalue weighted by molar-refractivity contribution is -0.121. The fraction of sp³-hybridized carbons (Fsp3) is 0.545. The van der Waals surface area contributed by atoms with Crippen LogP contribution in [0.4, 0.5) is 0 Å². The molecule has 0 aromatic carbocycles. The highest BCUT2D eigenvalue weighted by Crippen LogP contribution is 2.09. The molecule has 3 heteroatoms. The third kappa shape index (κ3) is 3.60. The second-order valence-electron chi connectivity index (χ2n) is 3.48. The van der Waals surface area contributed by atoms with E-state index in [1.807, 2.05) is 23.8 Å². The zero-order valence-electron chi connectivity index (χ0n) is 8.75. The summed E-state index contributed by atoms with van der Waals surface area (Å²) in [7, 11) is 0. The zero-order valence-corrected chi connectivity index (χ0v) is 9.56. The van der Waals surface area contributed by atoms with Gasteiger partial charge in [0, 0.05) is 18.9 Å². The van der Waals surface area contributed by atoms with Crippen molar-refractivity contribution < 1.29 is 4.79 Å². The summed E-state index contributed by atoms with van der Waals surface area (Å²) in [5, 5.41) is 7.24. The topological polar surface area (TPSA) is 29.1 Å². The number of nitrogens with one attached hydrogen (secondary N) is 1. The number of carbonyl (C=O) groups excluding carboxylic acids is 1. The summed E-state index contributed by atoms with van der Waals surface area (Å²) >= 11 is 1.64. The maximum absolute atomic E-state index is 11.7. The maximum Gasteiger partial charge on any atom is 0.141 e. The Bertz CT molecular complexity index is 269. The molecule has 1 aromatic rings. The van der Waals surface area contributed by atoms with Gasteiger partial charge < -0.3 is 5.32 Å². The molecule has 0 radical (unpaired) electrons. The first-order valence-corrected chi connectivity index (χ1v) is 5.92. The first kappa shape index (κ1) is 11.4. The number of ketones is 1. The van der Waals surface area contributed by atoms with Crippen molar-refractivity contribution in [2.45, 2.75) is 20.3 Å². The molecule has 0 saturated carbocycles. The number of carbonyl (C=O) groups is 1. The van der Waals surface area contributed by atoms with Crippen molar-refractivity contribution in [3.63, 3.8) is 0 Å². The Balaban J connectivity index is 2.34. The number of Topliss-reactive ketones (excluding diaryl/α,β-unsaturated/α-hetero) is 1. The van der Waals surface area contributed by atoms with Crippen LogP contribution < -0.4 is 5.32 Å². The molecule has 0 aliphatic carbocycles. The Morgan fingerprint density at radius 2 is 2.43 bits per heavy atom. The molecular weight excluding hydrogens is 194 g/mol. The van der Waals surface area contributed by atoms with Crippen LogP contribution in [0.2, 0.25) is 0 Å². The number of rotatable bonds is 6. The quantitative estimate of drug-likeness (QED) is 0.781. The van der Waals surface area contributed by atoms with Crippen molar-refractivity contribution in [2.24, 2.45) is 5.92 Å². The number of hydrogen-bond donors (Lipinski definition) is 1. The van der Waals surface area contributed by atoms with E-state index in [2.05, 4.69) is 12.2 Å². The Labute approximate surface area is 89.3 Å². The molecule has 0 aliphatic heterocycles. The van der Waals surface area contributed by atoms with Gasteiger partial charge in [0.15, 0.2) is 0 Å². The third-order valence-electron chi connectivity index (χ3n) is 2.21. The lowest BCUT2D eigenvalue weighted by Crippen LogP contribution is -2.27. The molecule has 0 saturated heterocycles. The smallest absolute Gasteiger partial charge is 0.141 e. The highest BCUT2D eigenvalue weighted by Gasteiger charge is 2.12. The van der Waals surface area contributed by atoms with Crippen LogP contribution in [0.3, 0.4) is 0 Å². The van der Waals surface area contributed by atoms with E-state index in [-0.39, 0.29) is 5.92 Å². The minimum absolute atomic E-state index is 0.120. The summed E-state index contributed by atoms with van der Waals surface area (Å²) in [6.07, 6.45) is 0.579. The molecule has 2 nitrogen and oxygen atoms in total. The lowest BCUT2D eigenvalue weighted by atomic mass is 10.0. The van der Waals surface area contributed by atoms with E-state index in [1.165, 1.54) is 0 Å². The fourth-order valence-corrected chi connectivity index (χ4v) is 1.91. The van der Waals surface area contributed by atoms with Gasteiger partial charge in [0.2, 0.25) is 0 Å². The van der Waals surface area contributed by atoms with Gasteiger partial charge >= 0.3 is 0 Å². The van der Waals surface area contributed by atoms with Gasteiger partial charge in [-0.05, 0) is 28.9 Å². The molecule has 0 fully saturated rings. The van der Waals surface area contributed by atoms with Crippen LogP contribution in [0.5, 0.6) is 0 Å². The second kappa shape index (κ2) is 5.94. The van der Waals surface area contributed by atoms with Crippen LogP contribution in [0.25, 0.3) is 0 Å². The highest BCUT2D eigenvalue weighted by atomic mass is 32.1. The summed E-state index contributed by atoms with van der Waals surface area (Å²) in [5.41, 5.74) is 1.14. The summed E-state index contributed by atoms with van der Waals surface area (Å²) in [6.45, 7) is 5.75. The molecule has 1 atom stereocenters. The SMILES string of the molecule is CCNCC(C)C(=O)Cc1ccsc1. The predicted octanol–water partition coefficient (Wildman–Crippen LogP) is 2.11. The van der Waals surface area contributed by atoms with Crippen molar-refractivity contribution in [1.29, 1.82) is 0 Å². The average Bonchev–Trinajstić information content (AvgIpc) is 2.66. The maximum atomic E-state index is 11.7. The number of hydrogen-bond acceptors (Lipinski definition) is 3. The van der Waals surface area contributed by atoms with Crippen molar-refractivity contribution in [2.75, 3.05) is 13.1 Å². The van der Waals surface area contributed by atoms with Crippen LogP contribution >= 0.6 is 11.3 Å². The first-order chi connectivity index (χ1) is 6.74. The van der Waals surface area contributed by atoms with Gasteiger partial charge in [-0.25, -0.2) is 0 Å². The number of thiophene rings is 1. The van der Waals surface area contributed by atoms with E-state index in [0.29, 0.717) is 12.2 Å². The van der Waals surface area contributed by atoms with Crippen LogP contribution in [-0.4, -0.2) is 18.9 Å². The molecule has 1 aromatic heterocycles. The minimum Gasteiger partial charge on any atom is -0.316 e. The van der Waals surface area contributed by atoms with Gasteiger partial charge in [0.05, 0.1) is 0 Å². The van der Waals surface area contributed by atoms with E-state index >= 15 is 0 Å². The Hall–Kier alpha value is -0.670. The minimum atomic E-state index is 0.120. The van der Waals surface area contributed by atoms with E-state index in [9.17, 15) is 4.79 Å². The van der Waals surface area contributed by atoms with Gasteiger partial charge in [-0.3, -0.25) is 4.79 Å². The Kier molecular flexibility index (Phi) is 4.84. The van der Waals surface area contributed by atoms with E-state index < -0.39 is 0 Å². The molecular formula is C11H17NOS. The molecule has 0 bridgehead atoms. The average molecular weight is 211 g/mol. The molecule has 0 aliphatic rings. The molecule has 1 rings (SSSR count). The van der Waals surface area contributed by atoms with Gasteiger partial charge in [-0.2, -0.15) is 11.3 Å². The third-order valence-corrected chi connectivity index (χ3v) is 2.94. The Morgan fingerprint density at radius 1 is 1.64 bits per heavy atom. The fourth-order valence-electron chi connectivity index (χ4n) is 1.24. The molecule has 1 N–H and O–H groups in total. The van der Waals surface area contributed by atoms with E-state index in [1.54, 1.807) is 11.3 Å². The summed E-state index contributed by atoms with van der Waals surface area (Å²) in [6, 6.07) is 2.02. The van der Waals surface area contributed by atoms with Crippen LogP contribution in [0.1, 0.15) is 19.4 Å². The lowest BCUT2D eigenvalue weighted by Gasteiger charge is -2.09. The predicted molar refractivity (Wildman–Crippen MR) is 60.7 cm³/mol. The van der Waals surface area contributed by atoms with Gasteiger partial charge in [0.1, 0.15) is 5.78 Å². The molecule has 78 valence electrons. The molecule has 1 unspecified atom stereocenters. The standard InChI is InChI=1S/C11H17NOS/c1-3-12-7-9(2)11(13)6-10-4-5-14-8-10/h4-5,8-9,12H,3,6-7H2,1-2H3. The summed E-state index contributed by atoms with van der Waals surface area (Å²) in [5.74, 6) is 0.444. The van der Waals surface area contributed by atoms with Crippen LogP contribution in [0, 0.1) is 5.92 Å². The van der Waals surface area contributed by atoms with Crippen molar-refractivity contribution in [3.05, 3.63) is 22.4 Å². The highest BCUT2D eigenvalue weighted by molar-refractivity contribution is 7.07. The molecule has 0 amide bonds.